The van der Waals surface area contributed by atoms with Crippen molar-refractivity contribution in [3.63, 3.8) is 0 Å². The van der Waals surface area contributed by atoms with Crippen molar-refractivity contribution in [1.29, 1.82) is 0 Å². The van der Waals surface area contributed by atoms with Crippen LogP contribution in [0, 0.1) is 0 Å². The van der Waals surface area contributed by atoms with Gasteiger partial charge in [0.15, 0.2) is 52.4 Å². The van der Waals surface area contributed by atoms with E-state index < -0.39 is 0 Å². The number of pyridine rings is 6. The third-order valence-corrected chi connectivity index (χ3v) is 22.5. The van der Waals surface area contributed by atoms with Crippen molar-refractivity contribution in [2.75, 3.05) is 0 Å². The molecule has 24 rings (SSSR count). The van der Waals surface area contributed by atoms with Gasteiger partial charge in [-0.1, -0.05) is 170 Å². The van der Waals surface area contributed by atoms with E-state index in [4.69, 9.17) is 44.9 Å². The fourth-order valence-electron chi connectivity index (χ4n) is 16.8. The summed E-state index contributed by atoms with van der Waals surface area (Å²) in [5, 5.41) is 9.45. The van der Waals surface area contributed by atoms with Crippen LogP contribution in [-0.4, -0.2) is 93.4 Å². The number of H-pyrrole nitrogens is 1. The zero-order valence-corrected chi connectivity index (χ0v) is 66.0. The number of nitrogens with one attached hydrogen (secondary N) is 1. The topological polar surface area (TPSA) is 224 Å². The number of fused-ring (bicyclic) bond motifs is 12. The first kappa shape index (κ1) is 71.8. The number of para-hydroxylation sites is 4. The second kappa shape index (κ2) is 30.5. The van der Waals surface area contributed by atoms with E-state index in [1.54, 1.807) is 37.2 Å². The van der Waals surface area contributed by atoms with Gasteiger partial charge in [0.1, 0.15) is 34.2 Å². The first-order valence-corrected chi connectivity index (χ1v) is 40.6. The summed E-state index contributed by atoms with van der Waals surface area (Å²) in [5.74, 6) is 4.52. The SMILES string of the molecule is c1ccc(-c2nc(-c3cccc(-n4c5ccccc5c5cc(-c6ccc7[nH]c8ccccc8c7c6)ccc54)c3)nc(-c3ccccn3)n2)nc1.c1ccc(-c2nc(-c3cccc(-n4c5ccccc5c5cc(-c6ccc7c(c6)c6ccccc6n7-c6cccc(-c7nc(-c8ccccn8)nc(-c8ccccn8)n7)c6)ccc54)c3)nc(-c3ccccn3)n2)nc1. The molecule has 0 amide bonds. The summed E-state index contributed by atoms with van der Waals surface area (Å²) >= 11 is 0. The zero-order valence-electron chi connectivity index (χ0n) is 66.0. The minimum absolute atomic E-state index is 0.478. The number of nitrogens with zero attached hydrogens (tertiary/aromatic N) is 18. The number of aromatic amines is 1. The highest BCUT2D eigenvalue weighted by atomic mass is 15.1. The molecular weight excluding hydrogens is 1530 g/mol. The molecule has 0 spiro atoms. The predicted octanol–water partition coefficient (Wildman–Crippen LogP) is 23.6. The molecule has 1 N–H and O–H groups in total. The van der Waals surface area contributed by atoms with Gasteiger partial charge in [0.25, 0.3) is 0 Å². The molecule has 0 aliphatic heterocycles. The Hall–Kier alpha value is -17.5. The van der Waals surface area contributed by atoms with Crippen molar-refractivity contribution in [3.05, 3.63) is 389 Å². The van der Waals surface area contributed by atoms with Crippen molar-refractivity contribution in [2.24, 2.45) is 0 Å². The van der Waals surface area contributed by atoms with E-state index in [-0.39, 0.29) is 0 Å². The average Bonchev–Trinajstić information content (AvgIpc) is 1.59. The van der Waals surface area contributed by atoms with Crippen molar-refractivity contribution in [1.82, 2.24) is 93.4 Å². The molecule has 13 heterocycles. The quantitative estimate of drug-likeness (QED) is 0.107. The van der Waals surface area contributed by atoms with Crippen molar-refractivity contribution < 1.29 is 0 Å². The van der Waals surface area contributed by atoms with Gasteiger partial charge in [0.05, 0.1) is 33.1 Å². The lowest BCUT2D eigenvalue weighted by molar-refractivity contribution is 1.04. The number of hydrogen-bond donors (Lipinski definition) is 1. The molecule has 580 valence electrons. The monoisotopic (exact) mass is 1590 g/mol. The zero-order chi connectivity index (χ0) is 82.0. The van der Waals surface area contributed by atoms with Crippen LogP contribution in [0.1, 0.15) is 0 Å². The van der Waals surface area contributed by atoms with Crippen LogP contribution < -0.4 is 0 Å². The van der Waals surface area contributed by atoms with Crippen LogP contribution in [0.4, 0.5) is 0 Å². The minimum atomic E-state index is 0.478. The van der Waals surface area contributed by atoms with Gasteiger partial charge >= 0.3 is 0 Å². The van der Waals surface area contributed by atoms with Crippen molar-refractivity contribution >= 4 is 87.2 Å². The molecule has 0 aliphatic rings. The van der Waals surface area contributed by atoms with Gasteiger partial charge in [0.2, 0.25) is 0 Å². The van der Waals surface area contributed by atoms with E-state index in [0.717, 1.165) is 111 Å². The molecule has 0 unspecified atom stereocenters. The second-order valence-electron chi connectivity index (χ2n) is 30.0. The highest BCUT2D eigenvalue weighted by Gasteiger charge is 2.24. The molecular formula is C105H65N19. The number of hydrogen-bond acceptors (Lipinski definition) is 15. The van der Waals surface area contributed by atoms with Crippen LogP contribution in [0.5, 0.6) is 0 Å². The number of rotatable bonds is 14. The van der Waals surface area contributed by atoms with Gasteiger partial charge in [-0.2, -0.15) is 0 Å². The Kier molecular flexibility index (Phi) is 17.7. The lowest BCUT2D eigenvalue weighted by Gasteiger charge is -2.12. The predicted molar refractivity (Wildman–Crippen MR) is 492 cm³/mol. The van der Waals surface area contributed by atoms with Gasteiger partial charge in [-0.25, -0.2) is 44.9 Å². The van der Waals surface area contributed by atoms with E-state index >= 15 is 0 Å². The lowest BCUT2D eigenvalue weighted by atomic mass is 10.0. The molecule has 0 saturated heterocycles. The number of aromatic nitrogens is 19. The Morgan fingerprint density at radius 2 is 0.411 bits per heavy atom. The first-order valence-electron chi connectivity index (χ1n) is 40.6. The van der Waals surface area contributed by atoms with Crippen molar-refractivity contribution in [2.45, 2.75) is 0 Å². The summed E-state index contributed by atoms with van der Waals surface area (Å²) in [5.41, 5.74) is 23.0. The molecule has 13 aromatic heterocycles. The van der Waals surface area contributed by atoms with Gasteiger partial charge in [0, 0.05) is 125 Å². The average molecular weight is 1590 g/mol. The third-order valence-electron chi connectivity index (χ3n) is 22.5. The Morgan fingerprint density at radius 1 is 0.161 bits per heavy atom. The second-order valence-corrected chi connectivity index (χ2v) is 30.0. The third kappa shape index (κ3) is 13.1. The maximum absolute atomic E-state index is 4.96. The molecule has 0 aliphatic carbocycles. The van der Waals surface area contributed by atoms with Crippen LogP contribution in [0.2, 0.25) is 0 Å². The first-order chi connectivity index (χ1) is 61.4. The summed E-state index contributed by atoms with van der Waals surface area (Å²) in [6.45, 7) is 0. The van der Waals surface area contributed by atoms with E-state index in [1.807, 2.05) is 127 Å². The van der Waals surface area contributed by atoms with Crippen LogP contribution >= 0.6 is 0 Å². The smallest absolute Gasteiger partial charge is 0.182 e. The van der Waals surface area contributed by atoms with Crippen LogP contribution in [-0.2, 0) is 0 Å². The van der Waals surface area contributed by atoms with Crippen LogP contribution in [0.15, 0.2) is 389 Å². The molecule has 24 aromatic rings. The fraction of sp³-hybridized carbons (Fsp3) is 0. The lowest BCUT2D eigenvalue weighted by Crippen LogP contribution is -2.02. The molecule has 0 bridgehead atoms. The van der Waals surface area contributed by atoms with E-state index in [1.165, 1.54) is 32.7 Å². The maximum Gasteiger partial charge on any atom is 0.182 e. The van der Waals surface area contributed by atoms with Gasteiger partial charge in [-0.05, 0) is 204 Å². The maximum atomic E-state index is 4.96. The normalized spacial score (nSPS) is 11.5. The Balaban J connectivity index is 0.000000154. The summed E-state index contributed by atoms with van der Waals surface area (Å²) in [7, 11) is 0. The molecule has 0 saturated carbocycles. The summed E-state index contributed by atoms with van der Waals surface area (Å²) < 4.78 is 6.96. The van der Waals surface area contributed by atoms with E-state index in [9.17, 15) is 0 Å². The molecule has 124 heavy (non-hydrogen) atoms. The summed E-state index contributed by atoms with van der Waals surface area (Å²) in [6.07, 6.45) is 10.5. The van der Waals surface area contributed by atoms with E-state index in [0.29, 0.717) is 86.6 Å². The summed E-state index contributed by atoms with van der Waals surface area (Å²) in [6, 6.07) is 121. The van der Waals surface area contributed by atoms with Gasteiger partial charge in [-0.3, -0.25) is 29.9 Å². The fourth-order valence-corrected chi connectivity index (χ4v) is 16.8. The molecule has 0 radical (unpaired) electrons. The molecule has 19 nitrogen and oxygen atoms in total. The summed E-state index contributed by atoms with van der Waals surface area (Å²) in [4.78, 5) is 74.8. The standard InChI is InChI=1S/C62H38N12.C43H27N7/c1-3-25-53-45(19-1)47-37-39(27-29-55(47)73(53)43-17-13-15-41(35-43)57-67-59(49-21-5-9-31-63-49)71-60(68-57)50-22-6-10-32-64-50)40-28-30-56-48(38-40)46-20-2-4-26-54(46)74(56)44-18-14-16-42(36-44)58-69-61(51-23-7-11-33-65-51)72-62(70-58)52-24-8-12-34-66-52;1-3-14-35-31(12-1)33-25-27(18-20-36(33)46-35)28-19-21-40-34(26-28)32-13-2-4-17-39(32)50(40)30-11-9-10-29(24-30)41-47-42(37-15-5-7-22-44-37)49-43(48-41)38-16-6-8-23-45-38/h1-38H;1-26,46H. The molecule has 0 fully saturated rings. The Morgan fingerprint density at radius 3 is 0.718 bits per heavy atom. The Bertz CT molecular complexity index is 7790. The highest BCUT2D eigenvalue weighted by Crippen LogP contribution is 2.42. The Labute approximate surface area is 708 Å². The van der Waals surface area contributed by atoms with Gasteiger partial charge in [-0.15, -0.1) is 0 Å². The molecule has 0 atom stereocenters. The minimum Gasteiger partial charge on any atom is -0.355 e. The van der Waals surface area contributed by atoms with Crippen LogP contribution in [0.3, 0.4) is 0 Å². The molecule has 11 aromatic carbocycles. The van der Waals surface area contributed by atoms with E-state index in [2.05, 4.69) is 273 Å². The van der Waals surface area contributed by atoms with Crippen molar-refractivity contribution in [3.8, 4) is 143 Å². The molecule has 19 heteroatoms. The highest BCUT2D eigenvalue weighted by molar-refractivity contribution is 6.15. The largest absolute Gasteiger partial charge is 0.355 e. The van der Waals surface area contributed by atoms with Crippen LogP contribution in [0.25, 0.3) is 230 Å². The number of benzene rings is 11. The van der Waals surface area contributed by atoms with Gasteiger partial charge < -0.3 is 18.7 Å².